The van der Waals surface area contributed by atoms with Gasteiger partial charge in [-0.15, -0.1) is 6.58 Å². The largest absolute Gasteiger partial charge is 0.278 e. The lowest BCUT2D eigenvalue weighted by Crippen LogP contribution is -2.22. The summed E-state index contributed by atoms with van der Waals surface area (Å²) in [6.45, 7) is 3.92. The predicted octanol–water partition coefficient (Wildman–Crippen LogP) is 2.90. The topological polar surface area (TPSA) is 95.0 Å². The third-order valence-corrected chi connectivity index (χ3v) is 4.95. The zero-order valence-corrected chi connectivity index (χ0v) is 17.3. The minimum absolute atomic E-state index is 0.224. The van der Waals surface area contributed by atoms with Gasteiger partial charge in [-0.25, -0.2) is 28.5 Å². The highest BCUT2D eigenvalue weighted by Gasteiger charge is 2.20. The van der Waals surface area contributed by atoms with Crippen molar-refractivity contribution in [3.05, 3.63) is 46.4 Å². The number of nitrogens with zero attached hydrogens (tertiary/aromatic N) is 6. The van der Waals surface area contributed by atoms with Crippen molar-refractivity contribution in [3.8, 4) is 5.82 Å². The van der Waals surface area contributed by atoms with Gasteiger partial charge in [-0.3, -0.25) is 4.79 Å². The fourth-order valence-electron chi connectivity index (χ4n) is 2.46. The van der Waals surface area contributed by atoms with Crippen LogP contribution in [0.3, 0.4) is 0 Å². The average molecular weight is 425 g/mol. The second kappa shape index (κ2) is 7.45. The van der Waals surface area contributed by atoms with Crippen LogP contribution in [0.4, 0.5) is 5.82 Å². The molecule has 0 aliphatic carbocycles. The van der Waals surface area contributed by atoms with Gasteiger partial charge >= 0.3 is 0 Å². The van der Waals surface area contributed by atoms with Gasteiger partial charge in [0.05, 0.1) is 11.6 Å². The van der Waals surface area contributed by atoms with Gasteiger partial charge < -0.3 is 0 Å². The molecule has 3 heterocycles. The number of fused-ring (bicyclic) bond motifs is 1. The van der Waals surface area contributed by atoms with Crippen LogP contribution < -0.4 is 5.56 Å². The third kappa shape index (κ3) is 3.92. The number of pyridine rings is 1. The maximum absolute atomic E-state index is 12.8. The van der Waals surface area contributed by atoms with Gasteiger partial charge in [-0.1, -0.05) is 29.4 Å². The number of hydrogen-bond donors (Lipinski definition) is 0. The van der Waals surface area contributed by atoms with Crippen LogP contribution in [-0.4, -0.2) is 47.3 Å². The first-order valence-electron chi connectivity index (χ1n) is 7.72. The predicted molar refractivity (Wildman–Crippen MR) is 110 cm³/mol. The summed E-state index contributed by atoms with van der Waals surface area (Å²) < 4.78 is 19.1. The highest BCUT2D eigenvalue weighted by molar-refractivity contribution is 7.98. The zero-order valence-electron chi connectivity index (χ0n) is 14.9. The molecule has 3 aromatic heterocycles. The van der Waals surface area contributed by atoms with Crippen molar-refractivity contribution in [1.29, 1.82) is 0 Å². The van der Waals surface area contributed by atoms with E-state index in [2.05, 4.69) is 25.9 Å². The summed E-state index contributed by atoms with van der Waals surface area (Å²) in [5.41, 5.74) is 0.0917. The molecule has 0 bridgehead atoms. The van der Waals surface area contributed by atoms with Gasteiger partial charge in [0, 0.05) is 28.4 Å². The first kappa shape index (κ1) is 19.6. The zero-order chi connectivity index (χ0) is 19.8. The lowest BCUT2D eigenvalue weighted by molar-refractivity contribution is 0.596. The first-order valence-corrected chi connectivity index (χ1v) is 11.7. The molecule has 0 radical (unpaired) electrons. The molecule has 27 heavy (non-hydrogen) atoms. The lowest BCUT2D eigenvalue weighted by Gasteiger charge is -2.12. The molecule has 0 fully saturated rings. The molecular weight excluding hydrogens is 408 g/mol. The van der Waals surface area contributed by atoms with E-state index in [1.54, 1.807) is 18.2 Å². The Hall–Kier alpha value is -2.17. The molecule has 0 atom stereocenters. The second-order valence-corrected chi connectivity index (χ2v) is 9.55. The number of allylic oxidation sites excluding steroid dienone is 1. The monoisotopic (exact) mass is 424 g/mol. The van der Waals surface area contributed by atoms with E-state index in [1.807, 2.05) is 6.26 Å². The van der Waals surface area contributed by atoms with Crippen LogP contribution in [0, 0.1) is 0 Å². The van der Waals surface area contributed by atoms with Crippen molar-refractivity contribution >= 4 is 49.9 Å². The van der Waals surface area contributed by atoms with E-state index in [0.29, 0.717) is 21.2 Å². The molecule has 3 rings (SSSR count). The molecule has 142 valence electrons. The number of hydrogen-bond acceptors (Lipinski definition) is 7. The SMILES string of the molecule is C=CCn1c(=O)c2cnc(SC)nc2n1-c1nc(N=S(C)(C)=O)ccc1Cl. The summed E-state index contributed by atoms with van der Waals surface area (Å²) in [7, 11) is -2.41. The van der Waals surface area contributed by atoms with E-state index >= 15 is 0 Å². The Labute approximate surface area is 165 Å². The molecule has 0 unspecified atom stereocenters. The first-order chi connectivity index (χ1) is 12.7. The van der Waals surface area contributed by atoms with Crippen molar-refractivity contribution in [2.24, 2.45) is 4.36 Å². The normalized spacial score (nSPS) is 11.7. The van der Waals surface area contributed by atoms with E-state index < -0.39 is 9.73 Å². The molecule has 0 amide bonds. The Morgan fingerprint density at radius 1 is 1.37 bits per heavy atom. The van der Waals surface area contributed by atoms with Crippen LogP contribution in [0.15, 0.2) is 45.3 Å². The van der Waals surface area contributed by atoms with Crippen LogP contribution in [-0.2, 0) is 16.3 Å². The van der Waals surface area contributed by atoms with E-state index in [-0.39, 0.29) is 23.7 Å². The highest BCUT2D eigenvalue weighted by atomic mass is 35.5. The van der Waals surface area contributed by atoms with E-state index in [0.717, 1.165) is 0 Å². The van der Waals surface area contributed by atoms with Gasteiger partial charge in [0.25, 0.3) is 5.56 Å². The summed E-state index contributed by atoms with van der Waals surface area (Å²) in [5, 5.41) is 1.14. The number of thioether (sulfide) groups is 1. The van der Waals surface area contributed by atoms with E-state index in [1.165, 1.54) is 39.8 Å². The molecule has 0 aliphatic rings. The maximum Gasteiger partial charge on any atom is 0.278 e. The van der Waals surface area contributed by atoms with Gasteiger partial charge in [-0.05, 0) is 18.4 Å². The lowest BCUT2D eigenvalue weighted by atomic mass is 10.4. The fraction of sp³-hybridized carbons (Fsp3) is 0.250. The van der Waals surface area contributed by atoms with Crippen molar-refractivity contribution in [2.75, 3.05) is 18.8 Å². The molecule has 0 aliphatic heterocycles. The van der Waals surface area contributed by atoms with Crippen molar-refractivity contribution < 1.29 is 4.21 Å². The van der Waals surface area contributed by atoms with E-state index in [4.69, 9.17) is 11.6 Å². The summed E-state index contributed by atoms with van der Waals surface area (Å²) >= 11 is 7.73. The summed E-state index contributed by atoms with van der Waals surface area (Å²) in [4.78, 5) is 25.8. The highest BCUT2D eigenvalue weighted by Crippen LogP contribution is 2.25. The fourth-order valence-corrected chi connectivity index (χ4v) is 3.53. The number of halogens is 1. The summed E-state index contributed by atoms with van der Waals surface area (Å²) in [6, 6.07) is 3.17. The third-order valence-electron chi connectivity index (χ3n) is 3.46. The molecule has 0 spiro atoms. The van der Waals surface area contributed by atoms with Gasteiger partial charge in [0.1, 0.15) is 5.39 Å². The Morgan fingerprint density at radius 3 is 2.74 bits per heavy atom. The minimum Gasteiger partial charge on any atom is -0.267 e. The van der Waals surface area contributed by atoms with Gasteiger partial charge in [0.2, 0.25) is 0 Å². The van der Waals surface area contributed by atoms with Crippen molar-refractivity contribution in [2.45, 2.75) is 11.7 Å². The quantitative estimate of drug-likeness (QED) is 0.355. The second-order valence-electron chi connectivity index (χ2n) is 5.83. The van der Waals surface area contributed by atoms with Gasteiger partial charge in [0.15, 0.2) is 22.4 Å². The standard InChI is InChI=1S/C16H17ClN6O2S2/c1-5-8-22-15(24)10-9-18-16(26-2)20-13(10)23(22)14-11(17)6-7-12(19-14)21-27(3,4)25/h5-7,9H,1,8H2,2-4H3. The smallest absolute Gasteiger partial charge is 0.267 e. The molecule has 11 heteroatoms. The number of aromatic nitrogens is 5. The van der Waals surface area contributed by atoms with Crippen LogP contribution >= 0.6 is 23.4 Å². The van der Waals surface area contributed by atoms with Crippen molar-refractivity contribution in [3.63, 3.8) is 0 Å². The number of rotatable bonds is 5. The molecule has 0 saturated heterocycles. The average Bonchev–Trinajstić information content (AvgIpc) is 2.87. The molecule has 0 N–H and O–H groups in total. The van der Waals surface area contributed by atoms with Crippen LogP contribution in [0.25, 0.3) is 16.9 Å². The van der Waals surface area contributed by atoms with Crippen LogP contribution in [0.5, 0.6) is 0 Å². The minimum atomic E-state index is -2.41. The molecule has 8 nitrogen and oxygen atoms in total. The molecular formula is C16H17ClN6O2S2. The molecule has 3 aromatic rings. The molecule has 0 saturated carbocycles. The summed E-state index contributed by atoms with van der Waals surface area (Å²) in [6.07, 6.45) is 7.94. The van der Waals surface area contributed by atoms with Crippen molar-refractivity contribution in [1.82, 2.24) is 24.3 Å². The summed E-state index contributed by atoms with van der Waals surface area (Å²) in [5.74, 6) is 0.518. The van der Waals surface area contributed by atoms with Crippen LogP contribution in [0.2, 0.25) is 5.02 Å². The Bertz CT molecular complexity index is 1220. The van der Waals surface area contributed by atoms with Crippen LogP contribution in [0.1, 0.15) is 0 Å². The Balaban J connectivity index is 2.41. The van der Waals surface area contributed by atoms with Gasteiger partial charge in [-0.2, -0.15) is 4.36 Å². The Morgan fingerprint density at radius 2 is 2.11 bits per heavy atom. The Kier molecular flexibility index (Phi) is 5.41. The molecule has 0 aromatic carbocycles. The maximum atomic E-state index is 12.8. The van der Waals surface area contributed by atoms with E-state index in [9.17, 15) is 9.00 Å².